The number of aliphatic hydroxyl groups excluding tert-OH is 1. The summed E-state index contributed by atoms with van der Waals surface area (Å²) in [5.41, 5.74) is 5.07. The van der Waals surface area contributed by atoms with Crippen LogP contribution in [0.15, 0.2) is 0 Å². The molecule has 0 heterocycles. The molecule has 0 aromatic rings. The lowest BCUT2D eigenvalue weighted by molar-refractivity contribution is -0.143. The number of carboxylic acids is 2. The van der Waals surface area contributed by atoms with Gasteiger partial charge in [-0.2, -0.15) is 0 Å². The Balaban J connectivity index is 4.69. The van der Waals surface area contributed by atoms with Crippen LogP contribution in [-0.4, -0.2) is 76.3 Å². The molecule has 3 amide bonds. The van der Waals surface area contributed by atoms with Crippen molar-refractivity contribution in [3.8, 4) is 0 Å². The van der Waals surface area contributed by atoms with E-state index in [9.17, 15) is 24.0 Å². The molecular weight excluding hydrogens is 340 g/mol. The van der Waals surface area contributed by atoms with Crippen molar-refractivity contribution in [1.82, 2.24) is 16.0 Å². The first kappa shape index (κ1) is 22.3. The second-order valence-corrected chi connectivity index (χ2v) is 5.07. The minimum atomic E-state index is -1.44. The molecule has 0 spiro atoms. The molecular formula is C13H22N4O8. The standard InChI is InChI=1S/C13H22N4O8/c1-6(15-12(23)8(5-18)16-9(19)4-14)11(22)17-7(13(24)25)2-3-10(20)21/h6-8,18H,2-5,14H2,1H3,(H,15,23)(H,16,19)(H,17,22)(H,20,21)(H,24,25). The fourth-order valence-electron chi connectivity index (χ4n) is 1.65. The maximum Gasteiger partial charge on any atom is 0.326 e. The lowest BCUT2D eigenvalue weighted by Gasteiger charge is -2.21. The Hall–Kier alpha value is -2.73. The molecule has 0 radical (unpaired) electrons. The summed E-state index contributed by atoms with van der Waals surface area (Å²) < 4.78 is 0. The summed E-state index contributed by atoms with van der Waals surface area (Å²) >= 11 is 0. The number of nitrogens with two attached hydrogens (primary N) is 1. The van der Waals surface area contributed by atoms with Crippen molar-refractivity contribution in [1.29, 1.82) is 0 Å². The maximum absolute atomic E-state index is 11.9. The number of aliphatic hydroxyl groups is 1. The van der Waals surface area contributed by atoms with E-state index in [1.54, 1.807) is 0 Å². The molecule has 0 aliphatic heterocycles. The number of hydrogen-bond donors (Lipinski definition) is 7. The average molecular weight is 362 g/mol. The van der Waals surface area contributed by atoms with Crippen LogP contribution in [0.4, 0.5) is 0 Å². The van der Waals surface area contributed by atoms with Gasteiger partial charge in [-0.3, -0.25) is 19.2 Å². The monoisotopic (exact) mass is 362 g/mol. The van der Waals surface area contributed by atoms with E-state index >= 15 is 0 Å². The number of rotatable bonds is 11. The van der Waals surface area contributed by atoms with Gasteiger partial charge >= 0.3 is 11.9 Å². The van der Waals surface area contributed by atoms with Crippen molar-refractivity contribution in [3.63, 3.8) is 0 Å². The van der Waals surface area contributed by atoms with Gasteiger partial charge in [0.1, 0.15) is 18.1 Å². The quantitative estimate of drug-likeness (QED) is 0.193. The molecule has 142 valence electrons. The Kier molecular flexibility index (Phi) is 9.74. The second kappa shape index (κ2) is 10.9. The molecule has 0 aromatic heterocycles. The van der Waals surface area contributed by atoms with Crippen LogP contribution in [-0.2, 0) is 24.0 Å². The highest BCUT2D eigenvalue weighted by Crippen LogP contribution is 1.99. The first-order chi connectivity index (χ1) is 11.6. The fourth-order valence-corrected chi connectivity index (χ4v) is 1.65. The summed E-state index contributed by atoms with van der Waals surface area (Å²) in [7, 11) is 0. The number of carbonyl (C=O) groups is 5. The van der Waals surface area contributed by atoms with Crippen LogP contribution in [0, 0.1) is 0 Å². The molecule has 0 aliphatic carbocycles. The van der Waals surface area contributed by atoms with E-state index in [0.717, 1.165) is 0 Å². The molecule has 0 fully saturated rings. The third-order valence-electron chi connectivity index (χ3n) is 3.03. The summed E-state index contributed by atoms with van der Waals surface area (Å²) in [6, 6.07) is -3.95. The van der Waals surface area contributed by atoms with E-state index < -0.39 is 67.4 Å². The summed E-state index contributed by atoms with van der Waals surface area (Å²) in [6.45, 7) is 0.120. The SMILES string of the molecule is CC(NC(=O)C(CO)NC(=O)CN)C(=O)NC(CCC(=O)O)C(=O)O. The van der Waals surface area contributed by atoms with Gasteiger partial charge in [-0.05, 0) is 13.3 Å². The van der Waals surface area contributed by atoms with Gasteiger partial charge in [0.05, 0.1) is 13.2 Å². The Bertz CT molecular complexity index is 524. The van der Waals surface area contributed by atoms with Gasteiger partial charge in [-0.25, -0.2) is 4.79 Å². The van der Waals surface area contributed by atoms with E-state index in [1.807, 2.05) is 0 Å². The minimum Gasteiger partial charge on any atom is -0.481 e. The highest BCUT2D eigenvalue weighted by atomic mass is 16.4. The lowest BCUT2D eigenvalue weighted by Crippen LogP contribution is -2.56. The van der Waals surface area contributed by atoms with Crippen LogP contribution in [0.2, 0.25) is 0 Å². The third kappa shape index (κ3) is 8.62. The van der Waals surface area contributed by atoms with Gasteiger partial charge in [0.15, 0.2) is 0 Å². The molecule has 0 saturated carbocycles. The van der Waals surface area contributed by atoms with Gasteiger partial charge in [0.25, 0.3) is 0 Å². The second-order valence-electron chi connectivity index (χ2n) is 5.07. The molecule has 12 nitrogen and oxygen atoms in total. The predicted molar refractivity (Wildman–Crippen MR) is 82.1 cm³/mol. The van der Waals surface area contributed by atoms with E-state index in [0.29, 0.717) is 0 Å². The third-order valence-corrected chi connectivity index (χ3v) is 3.03. The highest BCUT2D eigenvalue weighted by molar-refractivity contribution is 5.93. The Morgan fingerprint density at radius 2 is 1.56 bits per heavy atom. The zero-order valence-corrected chi connectivity index (χ0v) is 13.5. The Labute approximate surface area is 142 Å². The van der Waals surface area contributed by atoms with Crippen LogP contribution >= 0.6 is 0 Å². The van der Waals surface area contributed by atoms with Gasteiger partial charge in [0.2, 0.25) is 17.7 Å². The molecule has 3 atom stereocenters. The summed E-state index contributed by atoms with van der Waals surface area (Å²) in [6.07, 6.45) is -0.793. The van der Waals surface area contributed by atoms with Crippen molar-refractivity contribution < 1.29 is 39.3 Å². The molecule has 12 heteroatoms. The largest absolute Gasteiger partial charge is 0.481 e. The Morgan fingerprint density at radius 1 is 0.960 bits per heavy atom. The smallest absolute Gasteiger partial charge is 0.326 e. The van der Waals surface area contributed by atoms with Gasteiger partial charge < -0.3 is 37.0 Å². The molecule has 3 unspecified atom stereocenters. The molecule has 0 saturated heterocycles. The van der Waals surface area contributed by atoms with Crippen molar-refractivity contribution in [3.05, 3.63) is 0 Å². The topological polar surface area (TPSA) is 208 Å². The van der Waals surface area contributed by atoms with Crippen molar-refractivity contribution in [2.45, 2.75) is 37.9 Å². The van der Waals surface area contributed by atoms with Crippen LogP contribution in [0.3, 0.4) is 0 Å². The minimum absolute atomic E-state index is 0.330. The zero-order chi connectivity index (χ0) is 19.6. The molecule has 0 aliphatic rings. The normalized spacial score (nSPS) is 13.9. The van der Waals surface area contributed by atoms with Crippen molar-refractivity contribution >= 4 is 29.7 Å². The van der Waals surface area contributed by atoms with Crippen LogP contribution in [0.5, 0.6) is 0 Å². The molecule has 0 bridgehead atoms. The van der Waals surface area contributed by atoms with Crippen LogP contribution in [0.1, 0.15) is 19.8 Å². The number of carbonyl (C=O) groups excluding carboxylic acids is 3. The number of nitrogens with one attached hydrogen (secondary N) is 3. The number of amides is 3. The first-order valence-electron chi connectivity index (χ1n) is 7.28. The fraction of sp³-hybridized carbons (Fsp3) is 0.615. The average Bonchev–Trinajstić information content (AvgIpc) is 2.54. The zero-order valence-electron chi connectivity index (χ0n) is 13.5. The van der Waals surface area contributed by atoms with Crippen LogP contribution < -0.4 is 21.7 Å². The number of hydrogen-bond acceptors (Lipinski definition) is 7. The highest BCUT2D eigenvalue weighted by Gasteiger charge is 2.27. The molecule has 0 aromatic carbocycles. The van der Waals surface area contributed by atoms with E-state index in [1.165, 1.54) is 6.92 Å². The first-order valence-corrected chi connectivity index (χ1v) is 7.28. The summed E-state index contributed by atoms with van der Waals surface area (Å²) in [5.74, 6) is -5.07. The Morgan fingerprint density at radius 3 is 2.00 bits per heavy atom. The van der Waals surface area contributed by atoms with Gasteiger partial charge in [0, 0.05) is 6.42 Å². The number of carboxylic acid groups (broad SMARTS) is 2. The maximum atomic E-state index is 11.9. The predicted octanol–water partition coefficient (Wildman–Crippen LogP) is -3.64. The molecule has 0 rings (SSSR count). The van der Waals surface area contributed by atoms with Crippen LogP contribution in [0.25, 0.3) is 0 Å². The molecule has 25 heavy (non-hydrogen) atoms. The van der Waals surface area contributed by atoms with E-state index in [4.69, 9.17) is 21.1 Å². The van der Waals surface area contributed by atoms with Crippen molar-refractivity contribution in [2.75, 3.05) is 13.2 Å². The van der Waals surface area contributed by atoms with Crippen molar-refractivity contribution in [2.24, 2.45) is 5.73 Å². The summed E-state index contributed by atoms with van der Waals surface area (Å²) in [5, 5.41) is 33.0. The lowest BCUT2D eigenvalue weighted by atomic mass is 10.1. The van der Waals surface area contributed by atoms with Gasteiger partial charge in [-0.15, -0.1) is 0 Å². The van der Waals surface area contributed by atoms with E-state index in [2.05, 4.69) is 16.0 Å². The van der Waals surface area contributed by atoms with E-state index in [-0.39, 0.29) is 6.42 Å². The van der Waals surface area contributed by atoms with Gasteiger partial charge in [-0.1, -0.05) is 0 Å². The number of aliphatic carboxylic acids is 2. The summed E-state index contributed by atoms with van der Waals surface area (Å²) in [4.78, 5) is 56.4. The molecule has 8 N–H and O–H groups in total.